The molecule has 0 aromatic heterocycles. The summed E-state index contributed by atoms with van der Waals surface area (Å²) in [5, 5.41) is 0. The van der Waals surface area contributed by atoms with Crippen LogP contribution in [0.3, 0.4) is 0 Å². The van der Waals surface area contributed by atoms with E-state index in [1.807, 2.05) is 4.90 Å². The Balaban J connectivity index is 2.54. The van der Waals surface area contributed by atoms with Crippen LogP contribution in [0.15, 0.2) is 0 Å². The summed E-state index contributed by atoms with van der Waals surface area (Å²) in [7, 11) is 0.263. The summed E-state index contributed by atoms with van der Waals surface area (Å²) >= 11 is 3.00. The number of sulfonamides is 1. The lowest BCUT2D eigenvalue weighted by Crippen LogP contribution is -2.39. The number of nitrogens with zero attached hydrogens (tertiary/aromatic N) is 3. The molecule has 0 aromatic carbocycles. The maximum Gasteiger partial charge on any atom is 0.236 e. The monoisotopic (exact) mass is 341 g/mol. The SMILES string of the molecule is CN(C)C(=O)CN1CCCN(S(=O)(=O)CBr)CC1. The minimum atomic E-state index is -3.18. The normalized spacial score (nSPS) is 19.5. The predicted molar refractivity (Wildman–Crippen MR) is 74.0 cm³/mol. The number of hydrogen-bond donors (Lipinski definition) is 0. The van der Waals surface area contributed by atoms with E-state index in [1.165, 1.54) is 4.31 Å². The van der Waals surface area contributed by atoms with Crippen molar-refractivity contribution in [2.45, 2.75) is 6.42 Å². The molecule has 1 aliphatic heterocycles. The largest absolute Gasteiger partial charge is 0.348 e. The number of carbonyl (C=O) groups is 1. The van der Waals surface area contributed by atoms with E-state index in [1.54, 1.807) is 19.0 Å². The fraction of sp³-hybridized carbons (Fsp3) is 0.900. The van der Waals surface area contributed by atoms with Gasteiger partial charge >= 0.3 is 0 Å². The summed E-state index contributed by atoms with van der Waals surface area (Å²) in [6.45, 7) is 2.70. The number of amides is 1. The van der Waals surface area contributed by atoms with E-state index in [4.69, 9.17) is 0 Å². The van der Waals surface area contributed by atoms with Crippen molar-refractivity contribution < 1.29 is 13.2 Å². The van der Waals surface area contributed by atoms with E-state index in [0.717, 1.165) is 13.0 Å². The van der Waals surface area contributed by atoms with Gasteiger partial charge in [-0.05, 0) is 13.0 Å². The molecule has 1 rings (SSSR count). The standard InChI is InChI=1S/C10H20BrN3O3S/c1-12(2)10(15)8-13-4-3-5-14(7-6-13)18(16,17)9-11/h3-9H2,1-2H3. The Hall–Kier alpha value is -0.180. The molecule has 0 unspecified atom stereocenters. The van der Waals surface area contributed by atoms with Crippen LogP contribution in [0.1, 0.15) is 6.42 Å². The molecule has 0 aliphatic carbocycles. The Morgan fingerprint density at radius 1 is 1.22 bits per heavy atom. The summed E-state index contributed by atoms with van der Waals surface area (Å²) in [4.78, 5) is 15.2. The van der Waals surface area contributed by atoms with Gasteiger partial charge in [-0.2, -0.15) is 4.31 Å². The first-order chi connectivity index (χ1) is 8.36. The lowest BCUT2D eigenvalue weighted by molar-refractivity contribution is -0.129. The Labute approximate surface area is 117 Å². The van der Waals surface area contributed by atoms with Gasteiger partial charge in [0, 0.05) is 33.7 Å². The number of rotatable bonds is 4. The quantitative estimate of drug-likeness (QED) is 0.662. The maximum atomic E-state index is 11.7. The molecule has 6 nitrogen and oxygen atoms in total. The molecular weight excluding hydrogens is 322 g/mol. The topological polar surface area (TPSA) is 60.9 Å². The third kappa shape index (κ3) is 4.49. The highest BCUT2D eigenvalue weighted by Gasteiger charge is 2.24. The molecule has 0 spiro atoms. The van der Waals surface area contributed by atoms with E-state index in [2.05, 4.69) is 15.9 Å². The van der Waals surface area contributed by atoms with E-state index in [9.17, 15) is 13.2 Å². The fourth-order valence-electron chi connectivity index (χ4n) is 1.79. The molecule has 0 atom stereocenters. The van der Waals surface area contributed by atoms with Crippen molar-refractivity contribution in [3.63, 3.8) is 0 Å². The average Bonchev–Trinajstić information content (AvgIpc) is 2.55. The molecule has 1 heterocycles. The van der Waals surface area contributed by atoms with Crippen LogP contribution in [0.4, 0.5) is 0 Å². The van der Waals surface area contributed by atoms with Crippen molar-refractivity contribution >= 4 is 31.9 Å². The summed E-state index contributed by atoms with van der Waals surface area (Å²) < 4.78 is 24.9. The van der Waals surface area contributed by atoms with Gasteiger partial charge in [-0.1, -0.05) is 15.9 Å². The highest BCUT2D eigenvalue weighted by molar-refractivity contribution is 9.10. The minimum Gasteiger partial charge on any atom is -0.348 e. The molecule has 1 fully saturated rings. The van der Waals surface area contributed by atoms with Crippen LogP contribution in [-0.4, -0.2) is 79.9 Å². The number of halogens is 1. The Kier molecular flexibility index (Phi) is 6.03. The third-order valence-electron chi connectivity index (χ3n) is 2.94. The highest BCUT2D eigenvalue weighted by atomic mass is 79.9. The molecular formula is C10H20BrN3O3S. The molecule has 1 saturated heterocycles. The van der Waals surface area contributed by atoms with Crippen LogP contribution in [0.5, 0.6) is 0 Å². The van der Waals surface area contributed by atoms with Crippen molar-refractivity contribution in [1.82, 2.24) is 14.1 Å². The molecule has 106 valence electrons. The Bertz CT molecular complexity index is 386. The van der Waals surface area contributed by atoms with Crippen molar-refractivity contribution in [3.05, 3.63) is 0 Å². The zero-order chi connectivity index (χ0) is 13.8. The molecule has 0 saturated carbocycles. The van der Waals surface area contributed by atoms with Crippen LogP contribution in [-0.2, 0) is 14.8 Å². The lowest BCUT2D eigenvalue weighted by Gasteiger charge is -2.22. The maximum absolute atomic E-state index is 11.7. The van der Waals surface area contributed by atoms with E-state index in [-0.39, 0.29) is 10.6 Å². The van der Waals surface area contributed by atoms with Crippen LogP contribution < -0.4 is 0 Å². The van der Waals surface area contributed by atoms with Crippen molar-refractivity contribution in [2.24, 2.45) is 0 Å². The zero-order valence-electron chi connectivity index (χ0n) is 10.8. The van der Waals surface area contributed by atoms with Crippen LogP contribution in [0, 0.1) is 0 Å². The van der Waals surface area contributed by atoms with Crippen LogP contribution in [0.2, 0.25) is 0 Å². The molecule has 8 heteroatoms. The van der Waals surface area contributed by atoms with E-state index in [0.29, 0.717) is 26.2 Å². The third-order valence-corrected chi connectivity index (χ3v) is 6.10. The lowest BCUT2D eigenvalue weighted by atomic mass is 10.4. The van der Waals surface area contributed by atoms with E-state index >= 15 is 0 Å². The summed E-state index contributed by atoms with van der Waals surface area (Å²) in [5.74, 6) is 0.0480. The zero-order valence-corrected chi connectivity index (χ0v) is 13.2. The second-order valence-corrected chi connectivity index (χ2v) is 7.81. The summed E-state index contributed by atoms with van der Waals surface area (Å²) in [6, 6.07) is 0. The van der Waals surface area contributed by atoms with Gasteiger partial charge in [0.05, 0.1) is 6.54 Å². The molecule has 1 aliphatic rings. The van der Waals surface area contributed by atoms with Crippen LogP contribution in [0.25, 0.3) is 0 Å². The Morgan fingerprint density at radius 2 is 1.89 bits per heavy atom. The summed E-state index contributed by atoms with van der Waals surface area (Å²) in [5.41, 5.74) is 0. The Morgan fingerprint density at radius 3 is 2.44 bits per heavy atom. The number of hydrogen-bond acceptors (Lipinski definition) is 4. The van der Waals surface area contributed by atoms with Crippen molar-refractivity contribution in [1.29, 1.82) is 0 Å². The van der Waals surface area contributed by atoms with Gasteiger partial charge in [0.1, 0.15) is 4.66 Å². The molecule has 0 aromatic rings. The van der Waals surface area contributed by atoms with Crippen LogP contribution >= 0.6 is 15.9 Å². The highest BCUT2D eigenvalue weighted by Crippen LogP contribution is 2.10. The second kappa shape index (κ2) is 6.83. The number of alkyl halides is 1. The molecule has 0 N–H and O–H groups in total. The van der Waals surface area contributed by atoms with Gasteiger partial charge in [-0.15, -0.1) is 0 Å². The predicted octanol–water partition coefficient (Wildman–Crippen LogP) is -0.235. The van der Waals surface area contributed by atoms with Gasteiger partial charge in [-0.3, -0.25) is 9.69 Å². The molecule has 18 heavy (non-hydrogen) atoms. The van der Waals surface area contributed by atoms with Crippen molar-refractivity contribution in [3.8, 4) is 0 Å². The first-order valence-corrected chi connectivity index (χ1v) is 8.56. The summed E-state index contributed by atoms with van der Waals surface area (Å²) in [6.07, 6.45) is 0.757. The van der Waals surface area contributed by atoms with Crippen molar-refractivity contribution in [2.75, 3.05) is 51.5 Å². The smallest absolute Gasteiger partial charge is 0.236 e. The number of carbonyl (C=O) groups excluding carboxylic acids is 1. The first kappa shape index (κ1) is 15.9. The van der Waals surface area contributed by atoms with Gasteiger partial charge < -0.3 is 4.90 Å². The average molecular weight is 342 g/mol. The van der Waals surface area contributed by atoms with E-state index < -0.39 is 10.0 Å². The molecule has 0 bridgehead atoms. The van der Waals surface area contributed by atoms with Gasteiger partial charge in [0.25, 0.3) is 0 Å². The second-order valence-electron chi connectivity index (χ2n) is 4.54. The fourth-order valence-corrected chi connectivity index (χ4v) is 3.56. The first-order valence-electron chi connectivity index (χ1n) is 5.83. The minimum absolute atomic E-state index is 0.0450. The number of likely N-dealkylation sites (N-methyl/N-ethyl adjacent to an activating group) is 1. The molecule has 1 amide bonds. The van der Waals surface area contributed by atoms with Gasteiger partial charge in [-0.25, -0.2) is 8.42 Å². The van der Waals surface area contributed by atoms with Gasteiger partial charge in [0.15, 0.2) is 0 Å². The van der Waals surface area contributed by atoms with Gasteiger partial charge in [0.2, 0.25) is 15.9 Å². The molecule has 0 radical (unpaired) electrons.